The molecule has 270 valence electrons. The van der Waals surface area contributed by atoms with Crippen molar-refractivity contribution in [2.75, 3.05) is 43.3 Å². The van der Waals surface area contributed by atoms with Gasteiger partial charge in [0.2, 0.25) is 26.9 Å². The fourth-order valence-corrected chi connectivity index (χ4v) is 7.22. The Bertz CT molecular complexity index is 2180. The molecule has 2 aromatic carbocycles. The summed E-state index contributed by atoms with van der Waals surface area (Å²) < 4.78 is 35.1. The van der Waals surface area contributed by atoms with Gasteiger partial charge in [-0.2, -0.15) is 14.7 Å². The smallest absolute Gasteiger partial charge is 0.321 e. The highest BCUT2D eigenvalue weighted by Gasteiger charge is 2.23. The first-order valence-corrected chi connectivity index (χ1v) is 18.2. The van der Waals surface area contributed by atoms with Crippen molar-refractivity contribution in [3.05, 3.63) is 58.8 Å². The maximum Gasteiger partial charge on any atom is 0.321 e. The van der Waals surface area contributed by atoms with E-state index in [9.17, 15) is 13.2 Å². The highest BCUT2D eigenvalue weighted by atomic mass is 32.2. The molecular weight excluding hydrogens is 697 g/mol. The van der Waals surface area contributed by atoms with Gasteiger partial charge in [-0.25, -0.2) is 18.1 Å². The average molecular weight is 737 g/mol. The molecule has 0 radical (unpaired) electrons. The molecule has 1 atom stereocenters. The number of nitrogens with one attached hydrogen (secondary N) is 4. The van der Waals surface area contributed by atoms with Gasteiger partial charge in [-0.1, -0.05) is 29.0 Å². The van der Waals surface area contributed by atoms with E-state index >= 15 is 0 Å². The number of aryl methyl sites for hydroxylation is 3. The van der Waals surface area contributed by atoms with Crippen molar-refractivity contribution < 1.29 is 23.1 Å². The summed E-state index contributed by atoms with van der Waals surface area (Å²) in [7, 11) is -0.726. The molecule has 0 amide bonds. The third kappa shape index (κ3) is 8.63. The zero-order valence-electron chi connectivity index (χ0n) is 29.0. The van der Waals surface area contributed by atoms with Crippen LogP contribution in [0.15, 0.2) is 51.7 Å². The number of carboxylic acids is 1. The van der Waals surface area contributed by atoms with Gasteiger partial charge in [0, 0.05) is 51.3 Å². The first kappa shape index (κ1) is 37.2. The summed E-state index contributed by atoms with van der Waals surface area (Å²) in [5.74, 6) is 0.179. The predicted molar refractivity (Wildman–Crippen MR) is 197 cm³/mol. The Hall–Kier alpha value is -5.08. The lowest BCUT2D eigenvalue weighted by Crippen LogP contribution is -2.38. The number of methoxy groups -OCH3 is 1. The van der Waals surface area contributed by atoms with Gasteiger partial charge >= 0.3 is 5.97 Å². The minimum Gasteiger partial charge on any atom is -0.480 e. The number of benzene rings is 2. The summed E-state index contributed by atoms with van der Waals surface area (Å²) in [4.78, 5) is 25.0. The summed E-state index contributed by atoms with van der Waals surface area (Å²) in [6.07, 6.45) is 2.41. The van der Waals surface area contributed by atoms with Gasteiger partial charge in [-0.15, -0.1) is 15.3 Å². The molecule has 1 unspecified atom stereocenters. The molecule has 5 aromatic rings. The zero-order chi connectivity index (χ0) is 36.9. The average Bonchev–Trinajstić information content (AvgIpc) is 3.71. The number of ether oxygens (including phenoxy) is 1. The lowest BCUT2D eigenvalue weighted by Gasteiger charge is -2.17. The monoisotopic (exact) mass is 736 g/mol. The molecule has 3 aromatic heterocycles. The molecule has 0 saturated heterocycles. The van der Waals surface area contributed by atoms with Crippen LogP contribution in [-0.4, -0.2) is 77.6 Å². The molecule has 0 bridgehead atoms. The Balaban J connectivity index is 1.52. The molecule has 3 heterocycles. The van der Waals surface area contributed by atoms with Gasteiger partial charge in [0.1, 0.15) is 6.04 Å². The molecule has 19 heteroatoms. The predicted octanol–water partition coefficient (Wildman–Crippen LogP) is 5.06. The third-order valence-corrected chi connectivity index (χ3v) is 10.2. The molecule has 5 rings (SSSR count). The zero-order valence-corrected chi connectivity index (χ0v) is 30.6. The number of anilines is 4. The van der Waals surface area contributed by atoms with Crippen molar-refractivity contribution in [3.63, 3.8) is 0 Å². The first-order chi connectivity index (χ1) is 24.3. The van der Waals surface area contributed by atoms with E-state index in [1.807, 2.05) is 20.8 Å². The topological polar surface area (TPSA) is 236 Å². The summed E-state index contributed by atoms with van der Waals surface area (Å²) >= 11 is 1.27. The lowest BCUT2D eigenvalue weighted by atomic mass is 10.1. The quantitative estimate of drug-likeness (QED) is 0.0575. The van der Waals surface area contributed by atoms with E-state index in [4.69, 9.17) is 15.6 Å². The van der Waals surface area contributed by atoms with Gasteiger partial charge < -0.3 is 31.5 Å². The van der Waals surface area contributed by atoms with Crippen LogP contribution in [0, 0.1) is 20.8 Å². The van der Waals surface area contributed by atoms with Crippen LogP contribution in [0.1, 0.15) is 35.6 Å². The van der Waals surface area contributed by atoms with Crippen LogP contribution in [-0.2, 0) is 26.1 Å². The fraction of sp³-hybridized carbons (Fsp3) is 0.344. The maximum absolute atomic E-state index is 12.8. The Labute approximate surface area is 298 Å². The second-order valence-electron chi connectivity index (χ2n) is 11.6. The molecule has 0 fully saturated rings. The number of hydrogen-bond acceptors (Lipinski definition) is 15. The normalized spacial score (nSPS) is 12.5. The highest BCUT2D eigenvalue weighted by Crippen LogP contribution is 2.37. The molecule has 0 aliphatic carbocycles. The second kappa shape index (κ2) is 15.9. The molecule has 7 N–H and O–H groups in total. The van der Waals surface area contributed by atoms with Crippen LogP contribution in [0.25, 0.3) is 15.3 Å². The summed E-state index contributed by atoms with van der Waals surface area (Å²) in [5, 5.41) is 33.1. The van der Waals surface area contributed by atoms with Crippen LogP contribution in [0.2, 0.25) is 0 Å². The highest BCUT2D eigenvalue weighted by molar-refractivity contribution is 7.89. The number of nitrogens with two attached hydrogens (primary N) is 1. The van der Waals surface area contributed by atoms with Gasteiger partial charge in [0.05, 0.1) is 15.1 Å². The number of hydrogen-bond donors (Lipinski definition) is 6. The van der Waals surface area contributed by atoms with E-state index in [0.717, 1.165) is 28.8 Å². The van der Waals surface area contributed by atoms with Gasteiger partial charge in [-0.05, 0) is 63.4 Å². The Morgan fingerprint density at radius 2 is 1.82 bits per heavy atom. The van der Waals surface area contributed by atoms with Gasteiger partial charge in [-0.3, -0.25) is 4.79 Å². The van der Waals surface area contributed by atoms with E-state index in [1.54, 1.807) is 26.4 Å². The van der Waals surface area contributed by atoms with E-state index in [2.05, 4.69) is 63.1 Å². The minimum absolute atomic E-state index is 0.0965. The second-order valence-corrected chi connectivity index (χ2v) is 14.4. The fourth-order valence-electron chi connectivity index (χ4n) is 5.13. The van der Waals surface area contributed by atoms with Crippen molar-refractivity contribution in [1.29, 1.82) is 0 Å². The summed E-state index contributed by atoms with van der Waals surface area (Å²) in [6, 6.07) is 7.23. The van der Waals surface area contributed by atoms with Crippen LogP contribution >= 0.6 is 11.3 Å². The van der Waals surface area contributed by atoms with Crippen molar-refractivity contribution in [2.45, 2.75) is 51.6 Å². The molecule has 0 aliphatic rings. The molecule has 0 spiro atoms. The lowest BCUT2D eigenvalue weighted by molar-refractivity contribution is -0.138. The molecule has 51 heavy (non-hydrogen) atoms. The SMILES string of the molecule is CNc1nc(NCCCOC)c(N=Nc2nn(-c3nc4cc(S(=O)(=O)NC(C)C(=O)O)ccc4s3)cc2CN)c(Nc2c(C)cc(C)cc2C)n1. The van der Waals surface area contributed by atoms with Gasteiger partial charge in [0.25, 0.3) is 0 Å². The Kier molecular flexibility index (Phi) is 11.6. The summed E-state index contributed by atoms with van der Waals surface area (Å²) in [5.41, 5.74) is 11.5. The first-order valence-electron chi connectivity index (χ1n) is 15.9. The largest absolute Gasteiger partial charge is 0.480 e. The maximum atomic E-state index is 12.8. The summed E-state index contributed by atoms with van der Waals surface area (Å²) in [6.45, 7) is 8.54. The van der Waals surface area contributed by atoms with E-state index in [0.29, 0.717) is 57.3 Å². The number of sulfonamides is 1. The number of aliphatic carboxylic acids is 1. The number of thiazole rings is 1. The number of nitrogens with zero attached hydrogens (tertiary/aromatic N) is 7. The van der Waals surface area contributed by atoms with E-state index in [1.165, 1.54) is 35.1 Å². The Morgan fingerprint density at radius 3 is 2.49 bits per heavy atom. The standard InChI is InChI=1S/C32H40N12O5S2/c1-17-12-18(2)25(19(3)13-17)37-29-26(28(35-10-7-11-49-6)38-31(34-5)39-29)40-41-27-21(15-33)16-44(42-27)32-36-23-14-22(8-9-24(23)50-32)51(47,48)43-20(4)30(45)46/h8-9,12-14,16,20,43H,7,10-11,15,33H2,1-6H3,(H,45,46)(H3,34,35,37,38,39). The van der Waals surface area contributed by atoms with Crippen molar-refractivity contribution >= 4 is 72.3 Å². The van der Waals surface area contributed by atoms with Gasteiger partial charge in [0.15, 0.2) is 17.3 Å². The minimum atomic E-state index is -4.10. The number of azo groups is 1. The van der Waals surface area contributed by atoms with Crippen molar-refractivity contribution in [3.8, 4) is 5.13 Å². The number of aromatic nitrogens is 5. The van der Waals surface area contributed by atoms with E-state index in [-0.39, 0.29) is 17.3 Å². The van der Waals surface area contributed by atoms with E-state index < -0.39 is 22.0 Å². The number of fused-ring (bicyclic) bond motifs is 1. The van der Waals surface area contributed by atoms with Crippen LogP contribution in [0.3, 0.4) is 0 Å². The molecule has 0 aliphatic heterocycles. The van der Waals surface area contributed by atoms with Crippen LogP contribution < -0.4 is 26.4 Å². The van der Waals surface area contributed by atoms with Crippen molar-refractivity contribution in [2.24, 2.45) is 16.0 Å². The molecule has 17 nitrogen and oxygen atoms in total. The molecular formula is C32H40N12O5S2. The third-order valence-electron chi connectivity index (χ3n) is 7.63. The van der Waals surface area contributed by atoms with Crippen molar-refractivity contribution in [1.82, 2.24) is 29.5 Å². The van der Waals surface area contributed by atoms with Crippen LogP contribution in [0.5, 0.6) is 0 Å². The molecule has 0 saturated carbocycles. The Morgan fingerprint density at radius 1 is 1.10 bits per heavy atom. The van der Waals surface area contributed by atoms with Crippen LogP contribution in [0.4, 0.5) is 34.8 Å². The number of carbonyl (C=O) groups is 1. The number of rotatable bonds is 16. The number of carboxylic acid groups (broad SMARTS) is 1.